The van der Waals surface area contributed by atoms with E-state index in [1.807, 2.05) is 0 Å². The van der Waals surface area contributed by atoms with Crippen LogP contribution in [-0.2, 0) is 10.3 Å². The number of alkyl halides is 1. The fraction of sp³-hybridized carbons (Fsp3) is 0.278. The van der Waals surface area contributed by atoms with Crippen LogP contribution >= 0.6 is 12.2 Å². The number of carbonyl (C=O) groups excluding carboxylic acids is 1. The van der Waals surface area contributed by atoms with Crippen LogP contribution in [0.2, 0.25) is 0 Å². The van der Waals surface area contributed by atoms with Crippen molar-refractivity contribution in [3.05, 3.63) is 53.0 Å². The quantitative estimate of drug-likeness (QED) is 0.760. The molecule has 0 saturated carbocycles. The molecule has 1 aliphatic rings. The molecule has 0 spiro atoms. The number of aliphatic imine (C=N–C) groups is 1. The van der Waals surface area contributed by atoms with Gasteiger partial charge in [0.25, 0.3) is 5.91 Å². The van der Waals surface area contributed by atoms with Crippen LogP contribution in [0.5, 0.6) is 0 Å². The summed E-state index contributed by atoms with van der Waals surface area (Å²) in [6.07, 6.45) is 4.47. The number of nitrogens with one attached hydrogen (secondary N) is 1. The van der Waals surface area contributed by atoms with E-state index in [2.05, 4.69) is 20.3 Å². The molecule has 7 nitrogen and oxygen atoms in total. The second-order valence-electron chi connectivity index (χ2n) is 6.13. The number of aromatic nitrogens is 2. The Hall–Kier alpha value is -2.78. The highest BCUT2D eigenvalue weighted by Gasteiger charge is 2.34. The Kier molecular flexibility index (Phi) is 5.52. The van der Waals surface area contributed by atoms with Gasteiger partial charge in [-0.1, -0.05) is 12.2 Å². The van der Waals surface area contributed by atoms with Crippen LogP contribution in [0.25, 0.3) is 0 Å². The summed E-state index contributed by atoms with van der Waals surface area (Å²) in [7, 11) is 0. The van der Waals surface area contributed by atoms with Crippen LogP contribution in [0, 0.1) is 6.92 Å². The van der Waals surface area contributed by atoms with Gasteiger partial charge < -0.3 is 15.8 Å². The lowest BCUT2D eigenvalue weighted by atomic mass is 9.93. The van der Waals surface area contributed by atoms with Crippen molar-refractivity contribution >= 4 is 35.1 Å². The number of pyridine rings is 2. The number of nitrogens with zero attached hydrogens (tertiary/aromatic N) is 3. The molecule has 3 rings (SSSR count). The number of amides is 1. The van der Waals surface area contributed by atoms with Gasteiger partial charge in [0.1, 0.15) is 28.7 Å². The smallest absolute Gasteiger partial charge is 0.275 e. The zero-order chi connectivity index (χ0) is 19.4. The second-order valence-corrected chi connectivity index (χ2v) is 6.57. The molecule has 0 bridgehead atoms. The Balaban J connectivity index is 1.84. The van der Waals surface area contributed by atoms with Gasteiger partial charge in [-0.15, -0.1) is 0 Å². The van der Waals surface area contributed by atoms with Crippen molar-refractivity contribution in [1.82, 2.24) is 9.97 Å². The normalized spacial score (nSPS) is 18.9. The number of aryl methyl sites for hydroxylation is 1. The number of nitrogens with two attached hydrogens (primary N) is 1. The van der Waals surface area contributed by atoms with E-state index in [1.54, 1.807) is 31.3 Å². The third-order valence-electron chi connectivity index (χ3n) is 4.21. The van der Waals surface area contributed by atoms with Crippen LogP contribution in [-0.4, -0.2) is 47.0 Å². The van der Waals surface area contributed by atoms with Crippen molar-refractivity contribution in [2.75, 3.05) is 25.2 Å². The number of ether oxygens (including phenoxy) is 1. The molecule has 27 heavy (non-hydrogen) atoms. The molecule has 0 radical (unpaired) electrons. The average molecular weight is 387 g/mol. The summed E-state index contributed by atoms with van der Waals surface area (Å²) in [5.41, 5.74) is 6.46. The van der Waals surface area contributed by atoms with E-state index in [0.29, 0.717) is 23.3 Å². The van der Waals surface area contributed by atoms with Gasteiger partial charge in [0.15, 0.2) is 0 Å². The van der Waals surface area contributed by atoms with Gasteiger partial charge in [0.2, 0.25) is 0 Å². The van der Waals surface area contributed by atoms with Crippen molar-refractivity contribution < 1.29 is 13.9 Å². The largest absolute Gasteiger partial charge is 0.389 e. The first kappa shape index (κ1) is 19.0. The monoisotopic (exact) mass is 387 g/mol. The lowest BCUT2D eigenvalue weighted by molar-refractivity contribution is 0.0864. The van der Waals surface area contributed by atoms with Crippen molar-refractivity contribution in [3.63, 3.8) is 0 Å². The molecular formula is C18H18FN5O2S. The van der Waals surface area contributed by atoms with Crippen molar-refractivity contribution in [2.45, 2.75) is 12.5 Å². The number of halogens is 1. The van der Waals surface area contributed by atoms with Crippen LogP contribution in [0.1, 0.15) is 27.2 Å². The Morgan fingerprint density at radius 2 is 2.26 bits per heavy atom. The molecule has 0 aliphatic carbocycles. The van der Waals surface area contributed by atoms with Gasteiger partial charge >= 0.3 is 0 Å². The first-order chi connectivity index (χ1) is 12.9. The van der Waals surface area contributed by atoms with Gasteiger partial charge in [-0.05, 0) is 36.2 Å². The molecule has 1 amide bonds. The molecule has 1 atom stereocenters. The maximum atomic E-state index is 13.7. The summed E-state index contributed by atoms with van der Waals surface area (Å²) >= 11 is 4.91. The van der Waals surface area contributed by atoms with Gasteiger partial charge in [0, 0.05) is 24.2 Å². The Bertz CT molecular complexity index is 920. The third kappa shape index (κ3) is 3.99. The van der Waals surface area contributed by atoms with E-state index in [4.69, 9.17) is 22.7 Å². The molecule has 9 heteroatoms. The highest BCUT2D eigenvalue weighted by molar-refractivity contribution is 7.80. The predicted octanol–water partition coefficient (Wildman–Crippen LogP) is 1.94. The number of rotatable bonds is 5. The molecule has 0 saturated heterocycles. The van der Waals surface area contributed by atoms with Gasteiger partial charge in [0.05, 0.1) is 13.2 Å². The number of hydrogen-bond donors (Lipinski definition) is 2. The van der Waals surface area contributed by atoms with E-state index >= 15 is 0 Å². The Morgan fingerprint density at radius 1 is 1.44 bits per heavy atom. The van der Waals surface area contributed by atoms with E-state index in [-0.39, 0.29) is 23.1 Å². The highest BCUT2D eigenvalue weighted by Crippen LogP contribution is 2.30. The minimum absolute atomic E-state index is 0.124. The Morgan fingerprint density at radius 3 is 2.89 bits per heavy atom. The van der Waals surface area contributed by atoms with Gasteiger partial charge in [-0.3, -0.25) is 14.8 Å². The number of anilines is 1. The average Bonchev–Trinajstić information content (AvgIpc) is 2.68. The van der Waals surface area contributed by atoms with E-state index < -0.39 is 18.1 Å². The van der Waals surface area contributed by atoms with Crippen molar-refractivity contribution in [3.8, 4) is 0 Å². The minimum atomic E-state index is -1.12. The number of carbonyl (C=O) groups is 1. The summed E-state index contributed by atoms with van der Waals surface area (Å²) in [5, 5.41) is 2.68. The van der Waals surface area contributed by atoms with E-state index in [1.165, 1.54) is 12.4 Å². The predicted molar refractivity (Wildman–Crippen MR) is 104 cm³/mol. The molecule has 1 aliphatic heterocycles. The summed E-state index contributed by atoms with van der Waals surface area (Å²) < 4.78 is 19.0. The lowest BCUT2D eigenvalue weighted by Crippen LogP contribution is -2.36. The highest BCUT2D eigenvalue weighted by atomic mass is 32.1. The zero-order valence-electron chi connectivity index (χ0n) is 14.6. The summed E-state index contributed by atoms with van der Waals surface area (Å²) in [4.78, 5) is 25.3. The maximum absolute atomic E-state index is 13.7. The number of thiocarbonyl (C=S) groups is 1. The molecule has 0 fully saturated rings. The summed E-state index contributed by atoms with van der Waals surface area (Å²) in [6.45, 7) is 1.49. The minimum Gasteiger partial charge on any atom is -0.389 e. The Labute approximate surface area is 160 Å². The SMILES string of the molecule is Cc1cc(C(N)=S)cnc1C(=O)Nc1cc(C2(CF)COCC=N2)ccn1. The van der Waals surface area contributed by atoms with Crippen molar-refractivity contribution in [1.29, 1.82) is 0 Å². The van der Waals surface area contributed by atoms with Crippen LogP contribution in [0.3, 0.4) is 0 Å². The van der Waals surface area contributed by atoms with Gasteiger partial charge in [-0.2, -0.15) is 0 Å². The van der Waals surface area contributed by atoms with E-state index in [0.717, 1.165) is 0 Å². The van der Waals surface area contributed by atoms with Crippen LogP contribution < -0.4 is 11.1 Å². The van der Waals surface area contributed by atoms with Crippen LogP contribution in [0.4, 0.5) is 10.2 Å². The fourth-order valence-corrected chi connectivity index (χ4v) is 2.86. The standard InChI is InChI=1S/C18H18FN5O2S/c1-11-6-12(16(20)27)8-22-15(11)17(25)24-14-7-13(2-3-21-14)18(9-19)10-26-5-4-23-18/h2-4,6-8H,5,9-10H2,1H3,(H2,20,27)(H,21,24,25). The molecular weight excluding hydrogens is 369 g/mol. The topological polar surface area (TPSA) is 102 Å². The molecule has 3 heterocycles. The second kappa shape index (κ2) is 7.85. The third-order valence-corrected chi connectivity index (χ3v) is 4.45. The first-order valence-electron chi connectivity index (χ1n) is 8.17. The molecule has 0 aromatic carbocycles. The van der Waals surface area contributed by atoms with Crippen LogP contribution in [0.15, 0.2) is 35.6 Å². The molecule has 1 unspecified atom stereocenters. The summed E-state index contributed by atoms with van der Waals surface area (Å²) in [6, 6.07) is 4.93. The molecule has 2 aromatic rings. The fourth-order valence-electron chi connectivity index (χ4n) is 2.75. The molecule has 2 aromatic heterocycles. The molecule has 140 valence electrons. The number of hydrogen-bond acceptors (Lipinski definition) is 6. The van der Waals surface area contributed by atoms with Gasteiger partial charge in [-0.25, -0.2) is 9.37 Å². The maximum Gasteiger partial charge on any atom is 0.275 e. The molecule has 3 N–H and O–H groups in total. The van der Waals surface area contributed by atoms with E-state index in [9.17, 15) is 9.18 Å². The van der Waals surface area contributed by atoms with Crippen molar-refractivity contribution in [2.24, 2.45) is 10.7 Å². The zero-order valence-corrected chi connectivity index (χ0v) is 15.4. The first-order valence-corrected chi connectivity index (χ1v) is 8.58. The summed E-state index contributed by atoms with van der Waals surface area (Å²) in [5.74, 6) is -0.171. The lowest BCUT2D eigenvalue weighted by Gasteiger charge is -2.29.